The van der Waals surface area contributed by atoms with Crippen molar-refractivity contribution in [3.8, 4) is 0 Å². The lowest BCUT2D eigenvalue weighted by Gasteiger charge is -2.38. The van der Waals surface area contributed by atoms with Crippen molar-refractivity contribution in [1.29, 1.82) is 0 Å². The fourth-order valence-corrected chi connectivity index (χ4v) is 1.90. The standard InChI is InChI=1S/C9H16BrNO/c1-2-3-4-11-6-8(7-11)9(12)5-10/h8H,2-7H2,1H3. The van der Waals surface area contributed by atoms with Crippen molar-refractivity contribution >= 4 is 21.7 Å². The number of carbonyl (C=O) groups excluding carboxylic acids is 1. The van der Waals surface area contributed by atoms with Gasteiger partial charge >= 0.3 is 0 Å². The molecule has 0 unspecified atom stereocenters. The van der Waals surface area contributed by atoms with Crippen LogP contribution in [0.25, 0.3) is 0 Å². The van der Waals surface area contributed by atoms with E-state index in [0.717, 1.165) is 13.1 Å². The molecule has 1 aliphatic heterocycles. The second-order valence-corrected chi connectivity index (χ2v) is 3.97. The lowest BCUT2D eigenvalue weighted by molar-refractivity contribution is -0.125. The van der Waals surface area contributed by atoms with Crippen LogP contribution in [0.4, 0.5) is 0 Å². The largest absolute Gasteiger partial charge is 0.302 e. The van der Waals surface area contributed by atoms with Crippen molar-refractivity contribution in [1.82, 2.24) is 4.90 Å². The SMILES string of the molecule is CCCCN1CC(C(=O)CBr)C1. The van der Waals surface area contributed by atoms with Crippen LogP contribution in [0.3, 0.4) is 0 Å². The zero-order valence-corrected chi connectivity index (χ0v) is 9.14. The van der Waals surface area contributed by atoms with Crippen LogP contribution in [0.5, 0.6) is 0 Å². The lowest BCUT2D eigenvalue weighted by Crippen LogP contribution is -2.50. The second-order valence-electron chi connectivity index (χ2n) is 3.41. The van der Waals surface area contributed by atoms with E-state index in [1.165, 1.54) is 19.4 Å². The Kier molecular flexibility index (Phi) is 4.22. The van der Waals surface area contributed by atoms with Crippen LogP contribution in [0, 0.1) is 5.92 Å². The minimum atomic E-state index is 0.321. The number of unbranched alkanes of at least 4 members (excludes halogenated alkanes) is 1. The Morgan fingerprint density at radius 3 is 2.75 bits per heavy atom. The predicted molar refractivity (Wildman–Crippen MR) is 53.6 cm³/mol. The molecule has 0 spiro atoms. The molecule has 0 saturated carbocycles. The van der Waals surface area contributed by atoms with Crippen LogP contribution < -0.4 is 0 Å². The molecule has 1 saturated heterocycles. The maximum Gasteiger partial charge on any atom is 0.149 e. The molecule has 1 rings (SSSR count). The first-order valence-electron chi connectivity index (χ1n) is 4.59. The first kappa shape index (κ1) is 10.2. The predicted octanol–water partition coefficient (Wildman–Crippen LogP) is 1.68. The summed E-state index contributed by atoms with van der Waals surface area (Å²) < 4.78 is 0. The van der Waals surface area contributed by atoms with Crippen LogP contribution in [0.15, 0.2) is 0 Å². The zero-order chi connectivity index (χ0) is 8.97. The normalized spacial score (nSPS) is 19.2. The summed E-state index contributed by atoms with van der Waals surface area (Å²) in [4.78, 5) is 13.5. The molecule has 0 N–H and O–H groups in total. The van der Waals surface area contributed by atoms with Crippen molar-refractivity contribution in [2.75, 3.05) is 25.0 Å². The Bertz CT molecular complexity index is 155. The summed E-state index contributed by atoms with van der Waals surface area (Å²) in [5.74, 6) is 0.684. The monoisotopic (exact) mass is 233 g/mol. The van der Waals surface area contributed by atoms with E-state index in [2.05, 4.69) is 27.8 Å². The van der Waals surface area contributed by atoms with E-state index < -0.39 is 0 Å². The molecule has 0 bridgehead atoms. The van der Waals surface area contributed by atoms with Gasteiger partial charge in [-0.1, -0.05) is 29.3 Å². The van der Waals surface area contributed by atoms with Gasteiger partial charge in [-0.05, 0) is 13.0 Å². The van der Waals surface area contributed by atoms with Crippen LogP contribution in [-0.2, 0) is 4.79 Å². The number of nitrogens with zero attached hydrogens (tertiary/aromatic N) is 1. The highest BCUT2D eigenvalue weighted by atomic mass is 79.9. The number of Topliss-reactive ketones (excluding diaryl/α,β-unsaturated/α-hetero) is 1. The molecule has 1 heterocycles. The molecule has 0 atom stereocenters. The lowest BCUT2D eigenvalue weighted by atomic mass is 9.96. The number of rotatable bonds is 5. The Labute approximate surface area is 82.4 Å². The molecular weight excluding hydrogens is 218 g/mol. The van der Waals surface area contributed by atoms with Crippen molar-refractivity contribution in [3.63, 3.8) is 0 Å². The molecule has 0 radical (unpaired) electrons. The molecule has 70 valence electrons. The quantitative estimate of drug-likeness (QED) is 0.674. The topological polar surface area (TPSA) is 20.3 Å². The Morgan fingerprint density at radius 1 is 1.58 bits per heavy atom. The third-order valence-corrected chi connectivity index (χ3v) is 2.92. The molecule has 0 aromatic carbocycles. The maximum atomic E-state index is 11.1. The number of ketones is 1. The summed E-state index contributed by atoms with van der Waals surface area (Å²) in [6, 6.07) is 0. The van der Waals surface area contributed by atoms with Gasteiger partial charge in [0.2, 0.25) is 0 Å². The highest BCUT2D eigenvalue weighted by Crippen LogP contribution is 2.17. The van der Waals surface area contributed by atoms with Crippen molar-refractivity contribution in [3.05, 3.63) is 0 Å². The number of halogens is 1. The summed E-state index contributed by atoms with van der Waals surface area (Å²) in [7, 11) is 0. The van der Waals surface area contributed by atoms with Crippen molar-refractivity contribution < 1.29 is 4.79 Å². The van der Waals surface area contributed by atoms with E-state index >= 15 is 0 Å². The average molecular weight is 234 g/mol. The zero-order valence-electron chi connectivity index (χ0n) is 7.55. The van der Waals surface area contributed by atoms with Gasteiger partial charge in [0.1, 0.15) is 5.78 Å². The van der Waals surface area contributed by atoms with Gasteiger partial charge in [-0.25, -0.2) is 0 Å². The third kappa shape index (κ3) is 2.56. The molecule has 1 fully saturated rings. The van der Waals surface area contributed by atoms with E-state index in [1.807, 2.05) is 0 Å². The molecule has 0 aromatic rings. The average Bonchev–Trinajstić information content (AvgIpc) is 2.01. The summed E-state index contributed by atoms with van der Waals surface area (Å²) >= 11 is 3.19. The van der Waals surface area contributed by atoms with E-state index in [4.69, 9.17) is 0 Å². The second kappa shape index (κ2) is 4.97. The third-order valence-electron chi connectivity index (χ3n) is 2.37. The molecule has 3 heteroatoms. The summed E-state index contributed by atoms with van der Waals surface area (Å²) in [5, 5.41) is 0.527. The van der Waals surface area contributed by atoms with Gasteiger partial charge in [-0.2, -0.15) is 0 Å². The minimum Gasteiger partial charge on any atom is -0.302 e. The van der Waals surface area contributed by atoms with Crippen LogP contribution in [0.1, 0.15) is 19.8 Å². The minimum absolute atomic E-state index is 0.321. The van der Waals surface area contributed by atoms with Gasteiger partial charge < -0.3 is 4.90 Å². The van der Waals surface area contributed by atoms with Crippen molar-refractivity contribution in [2.45, 2.75) is 19.8 Å². The fraction of sp³-hybridized carbons (Fsp3) is 0.889. The summed E-state index contributed by atoms with van der Waals surface area (Å²) in [6.07, 6.45) is 2.50. The molecule has 1 aliphatic rings. The first-order chi connectivity index (χ1) is 5.77. The molecule has 0 aliphatic carbocycles. The maximum absolute atomic E-state index is 11.1. The van der Waals surface area contributed by atoms with Gasteiger partial charge in [-0.15, -0.1) is 0 Å². The number of carbonyl (C=O) groups is 1. The summed E-state index contributed by atoms with van der Waals surface area (Å²) in [6.45, 7) is 5.35. The molecule has 12 heavy (non-hydrogen) atoms. The number of likely N-dealkylation sites (tertiary alicyclic amines) is 1. The fourth-order valence-electron chi connectivity index (χ4n) is 1.45. The number of hydrogen-bond acceptors (Lipinski definition) is 2. The first-order valence-corrected chi connectivity index (χ1v) is 5.71. The van der Waals surface area contributed by atoms with Gasteiger partial charge in [0.05, 0.1) is 5.33 Å². The molecule has 0 amide bonds. The van der Waals surface area contributed by atoms with Gasteiger partial charge in [0, 0.05) is 19.0 Å². The Morgan fingerprint density at radius 2 is 2.25 bits per heavy atom. The van der Waals surface area contributed by atoms with Crippen LogP contribution in [-0.4, -0.2) is 35.6 Å². The summed E-state index contributed by atoms with van der Waals surface area (Å²) in [5.41, 5.74) is 0. The highest BCUT2D eigenvalue weighted by Gasteiger charge is 2.30. The Balaban J connectivity index is 2.07. The molecule has 0 aromatic heterocycles. The van der Waals surface area contributed by atoms with E-state index in [1.54, 1.807) is 0 Å². The van der Waals surface area contributed by atoms with E-state index in [0.29, 0.717) is 17.0 Å². The number of alkyl halides is 1. The molecule has 2 nitrogen and oxygen atoms in total. The van der Waals surface area contributed by atoms with Crippen LogP contribution in [0.2, 0.25) is 0 Å². The van der Waals surface area contributed by atoms with Crippen LogP contribution >= 0.6 is 15.9 Å². The van der Waals surface area contributed by atoms with Gasteiger partial charge in [0.15, 0.2) is 0 Å². The van der Waals surface area contributed by atoms with Gasteiger partial charge in [-0.3, -0.25) is 4.79 Å². The number of hydrogen-bond donors (Lipinski definition) is 0. The smallest absolute Gasteiger partial charge is 0.149 e. The van der Waals surface area contributed by atoms with Crippen molar-refractivity contribution in [2.24, 2.45) is 5.92 Å². The molecular formula is C9H16BrNO. The van der Waals surface area contributed by atoms with E-state index in [-0.39, 0.29) is 0 Å². The highest BCUT2D eigenvalue weighted by molar-refractivity contribution is 9.09. The Hall–Kier alpha value is 0.110. The van der Waals surface area contributed by atoms with Gasteiger partial charge in [0.25, 0.3) is 0 Å². The van der Waals surface area contributed by atoms with E-state index in [9.17, 15) is 4.79 Å².